The van der Waals surface area contributed by atoms with E-state index in [9.17, 15) is 13.6 Å². The maximum atomic E-state index is 11.9. The molecule has 0 atom stereocenters. The lowest BCUT2D eigenvalue weighted by Crippen LogP contribution is -2.10. The van der Waals surface area contributed by atoms with Gasteiger partial charge in [0.1, 0.15) is 6.61 Å². The Labute approximate surface area is 107 Å². The number of carboxylic acid groups (broad SMARTS) is 1. The van der Waals surface area contributed by atoms with Crippen LogP contribution < -0.4 is 0 Å². The van der Waals surface area contributed by atoms with Crippen LogP contribution in [0.25, 0.3) is 11.0 Å². The predicted octanol–water partition coefficient (Wildman–Crippen LogP) is 2.02. The molecule has 1 aromatic carbocycles. The molecule has 1 heterocycles. The van der Waals surface area contributed by atoms with Gasteiger partial charge < -0.3 is 14.4 Å². The van der Waals surface area contributed by atoms with Gasteiger partial charge in [0.25, 0.3) is 6.43 Å². The lowest BCUT2D eigenvalue weighted by Gasteiger charge is -2.06. The number of aromatic nitrogens is 2. The largest absolute Gasteiger partial charge is 0.478 e. The van der Waals surface area contributed by atoms with Crippen LogP contribution in [0.15, 0.2) is 24.5 Å². The van der Waals surface area contributed by atoms with Gasteiger partial charge in [-0.25, -0.2) is 18.6 Å². The molecule has 0 spiro atoms. The standard InChI is InChI=1S/C12H12F2N2O3/c13-11(14)6-19-4-3-16-7-15-9-2-1-8(12(17)18)5-10(9)16/h1-2,5,7,11H,3-4,6H2,(H,17,18). The average molecular weight is 270 g/mol. The fourth-order valence-corrected chi connectivity index (χ4v) is 1.70. The topological polar surface area (TPSA) is 64.3 Å². The second-order valence-electron chi connectivity index (χ2n) is 3.91. The minimum atomic E-state index is -2.49. The number of aromatic carboxylic acids is 1. The quantitative estimate of drug-likeness (QED) is 0.815. The van der Waals surface area contributed by atoms with Gasteiger partial charge in [-0.1, -0.05) is 0 Å². The van der Waals surface area contributed by atoms with E-state index in [0.717, 1.165) is 0 Å². The number of alkyl halides is 2. The Morgan fingerprint density at radius 1 is 1.47 bits per heavy atom. The molecule has 0 aliphatic carbocycles. The Kier molecular flexibility index (Phi) is 4.06. The van der Waals surface area contributed by atoms with Crippen molar-refractivity contribution in [3.8, 4) is 0 Å². The summed E-state index contributed by atoms with van der Waals surface area (Å²) in [6.45, 7) is -0.146. The molecule has 0 saturated carbocycles. The van der Waals surface area contributed by atoms with Crippen LogP contribution in [0.1, 0.15) is 10.4 Å². The number of carbonyl (C=O) groups is 1. The Morgan fingerprint density at radius 2 is 2.26 bits per heavy atom. The zero-order chi connectivity index (χ0) is 13.8. The zero-order valence-corrected chi connectivity index (χ0v) is 9.92. The minimum absolute atomic E-state index is 0.118. The highest BCUT2D eigenvalue weighted by molar-refractivity contribution is 5.92. The van der Waals surface area contributed by atoms with Crippen LogP contribution in [0.5, 0.6) is 0 Å². The lowest BCUT2D eigenvalue weighted by atomic mass is 10.2. The molecule has 2 aromatic rings. The van der Waals surface area contributed by atoms with Crippen LogP contribution in [-0.2, 0) is 11.3 Å². The number of rotatable bonds is 6. The normalized spacial score (nSPS) is 11.3. The molecule has 2 rings (SSSR count). The van der Waals surface area contributed by atoms with E-state index in [0.29, 0.717) is 17.6 Å². The first-order chi connectivity index (χ1) is 9.08. The highest BCUT2D eigenvalue weighted by Crippen LogP contribution is 2.15. The minimum Gasteiger partial charge on any atom is -0.478 e. The van der Waals surface area contributed by atoms with Crippen molar-refractivity contribution in [3.05, 3.63) is 30.1 Å². The average Bonchev–Trinajstić information content (AvgIpc) is 2.76. The van der Waals surface area contributed by atoms with Crippen LogP contribution in [0.3, 0.4) is 0 Å². The van der Waals surface area contributed by atoms with E-state index in [4.69, 9.17) is 9.84 Å². The molecule has 7 heteroatoms. The first-order valence-electron chi connectivity index (χ1n) is 5.62. The molecule has 0 bridgehead atoms. The number of hydrogen-bond acceptors (Lipinski definition) is 3. The molecule has 0 amide bonds. The van der Waals surface area contributed by atoms with Gasteiger partial charge in [-0.2, -0.15) is 0 Å². The van der Waals surface area contributed by atoms with E-state index in [1.54, 1.807) is 10.6 Å². The van der Waals surface area contributed by atoms with Crippen molar-refractivity contribution in [1.29, 1.82) is 0 Å². The molecule has 0 saturated heterocycles. The molecular weight excluding hydrogens is 258 g/mol. The van der Waals surface area contributed by atoms with E-state index in [-0.39, 0.29) is 12.2 Å². The number of halogens is 2. The van der Waals surface area contributed by atoms with E-state index in [1.165, 1.54) is 18.5 Å². The summed E-state index contributed by atoms with van der Waals surface area (Å²) in [5.74, 6) is -1.02. The van der Waals surface area contributed by atoms with Gasteiger partial charge in [0.05, 0.1) is 29.5 Å². The van der Waals surface area contributed by atoms with Gasteiger partial charge in [-0.15, -0.1) is 0 Å². The molecule has 5 nitrogen and oxygen atoms in total. The van der Waals surface area contributed by atoms with E-state index in [1.807, 2.05) is 0 Å². The fraction of sp³-hybridized carbons (Fsp3) is 0.333. The third-order valence-electron chi connectivity index (χ3n) is 2.59. The van der Waals surface area contributed by atoms with Crippen molar-refractivity contribution < 1.29 is 23.4 Å². The van der Waals surface area contributed by atoms with Crippen molar-refractivity contribution in [1.82, 2.24) is 9.55 Å². The van der Waals surface area contributed by atoms with E-state index >= 15 is 0 Å². The number of nitrogens with zero attached hydrogens (tertiary/aromatic N) is 2. The molecule has 0 aliphatic rings. The Balaban J connectivity index is 2.10. The maximum Gasteiger partial charge on any atom is 0.335 e. The first kappa shape index (κ1) is 13.4. The van der Waals surface area contributed by atoms with Crippen LogP contribution in [0, 0.1) is 0 Å². The van der Waals surface area contributed by atoms with Gasteiger partial charge in [0.2, 0.25) is 0 Å². The van der Waals surface area contributed by atoms with Crippen molar-refractivity contribution in [2.45, 2.75) is 13.0 Å². The monoisotopic (exact) mass is 270 g/mol. The van der Waals surface area contributed by atoms with Crippen molar-refractivity contribution >= 4 is 17.0 Å². The van der Waals surface area contributed by atoms with E-state index < -0.39 is 19.0 Å². The molecule has 1 N–H and O–H groups in total. The first-order valence-corrected chi connectivity index (χ1v) is 5.62. The summed E-state index contributed by atoms with van der Waals surface area (Å²) >= 11 is 0. The maximum absolute atomic E-state index is 11.9. The van der Waals surface area contributed by atoms with Crippen LogP contribution in [0.4, 0.5) is 8.78 Å². The molecule has 0 fully saturated rings. The summed E-state index contributed by atoms with van der Waals surface area (Å²) in [7, 11) is 0. The summed E-state index contributed by atoms with van der Waals surface area (Å²) in [4.78, 5) is 15.0. The molecule has 0 unspecified atom stereocenters. The summed E-state index contributed by atoms with van der Waals surface area (Å²) in [5.41, 5.74) is 1.45. The van der Waals surface area contributed by atoms with Gasteiger partial charge in [0.15, 0.2) is 0 Å². The number of fused-ring (bicyclic) bond motifs is 1. The van der Waals surface area contributed by atoms with Gasteiger partial charge in [0, 0.05) is 6.54 Å². The van der Waals surface area contributed by atoms with Gasteiger partial charge in [-0.3, -0.25) is 0 Å². The van der Waals surface area contributed by atoms with Crippen LogP contribution >= 0.6 is 0 Å². The molecular formula is C12H12F2N2O3. The predicted molar refractivity (Wildman–Crippen MR) is 63.5 cm³/mol. The van der Waals surface area contributed by atoms with E-state index in [2.05, 4.69) is 4.98 Å². The van der Waals surface area contributed by atoms with Crippen LogP contribution in [0.2, 0.25) is 0 Å². The second kappa shape index (κ2) is 5.75. The number of benzene rings is 1. The number of carboxylic acids is 1. The summed E-state index contributed by atoms with van der Waals surface area (Å²) in [6, 6.07) is 4.57. The Bertz CT molecular complexity index is 583. The van der Waals surface area contributed by atoms with Crippen LogP contribution in [-0.4, -0.2) is 40.3 Å². The van der Waals surface area contributed by atoms with Gasteiger partial charge in [-0.05, 0) is 18.2 Å². The highest BCUT2D eigenvalue weighted by atomic mass is 19.3. The molecule has 1 aromatic heterocycles. The number of hydrogen-bond donors (Lipinski definition) is 1. The number of imidazole rings is 1. The fourth-order valence-electron chi connectivity index (χ4n) is 1.70. The molecule has 0 radical (unpaired) electrons. The smallest absolute Gasteiger partial charge is 0.335 e. The van der Waals surface area contributed by atoms with Gasteiger partial charge >= 0.3 is 5.97 Å². The molecule has 102 valence electrons. The van der Waals surface area contributed by atoms with Crippen molar-refractivity contribution in [3.63, 3.8) is 0 Å². The number of ether oxygens (including phenoxy) is 1. The summed E-state index contributed by atoms with van der Waals surface area (Å²) in [5, 5.41) is 8.91. The third kappa shape index (κ3) is 3.25. The lowest BCUT2D eigenvalue weighted by molar-refractivity contribution is 0.0150. The highest BCUT2D eigenvalue weighted by Gasteiger charge is 2.08. The SMILES string of the molecule is O=C(O)c1ccc2ncn(CCOCC(F)F)c2c1. The summed E-state index contributed by atoms with van der Waals surface area (Å²) in [6.07, 6.45) is -0.958. The molecule has 19 heavy (non-hydrogen) atoms. The van der Waals surface area contributed by atoms with Crippen molar-refractivity contribution in [2.75, 3.05) is 13.2 Å². The Hall–Kier alpha value is -2.02. The summed E-state index contributed by atoms with van der Waals surface area (Å²) < 4.78 is 30.2. The molecule has 0 aliphatic heterocycles. The van der Waals surface area contributed by atoms with Crippen molar-refractivity contribution in [2.24, 2.45) is 0 Å². The third-order valence-corrected chi connectivity index (χ3v) is 2.59. The zero-order valence-electron chi connectivity index (χ0n) is 9.92. The Morgan fingerprint density at radius 3 is 2.95 bits per heavy atom. The second-order valence-corrected chi connectivity index (χ2v) is 3.91.